The number of aliphatic hydroxyl groups excluding tert-OH is 1. The van der Waals surface area contributed by atoms with E-state index in [1.807, 2.05) is 55.5 Å². The Balaban J connectivity index is 1.69. The van der Waals surface area contributed by atoms with Crippen molar-refractivity contribution in [1.29, 1.82) is 0 Å². The largest absolute Gasteiger partial charge is 0.507 e. The molecule has 182 valence electrons. The number of aromatic nitrogens is 1. The Labute approximate surface area is 208 Å². The molecule has 1 fully saturated rings. The number of fused-ring (bicyclic) bond motifs is 1. The maximum absolute atomic E-state index is 13.4. The van der Waals surface area contributed by atoms with Gasteiger partial charge in [0, 0.05) is 34.4 Å². The monoisotopic (exact) mass is 482 g/mol. The average molecular weight is 483 g/mol. The van der Waals surface area contributed by atoms with Gasteiger partial charge in [0.25, 0.3) is 11.7 Å². The van der Waals surface area contributed by atoms with Crippen molar-refractivity contribution >= 4 is 34.0 Å². The quantitative estimate of drug-likeness (QED) is 0.203. The first-order chi connectivity index (χ1) is 17.5. The smallest absolute Gasteiger partial charge is 0.300 e. The summed E-state index contributed by atoms with van der Waals surface area (Å²) < 4.78 is 11.1. The molecule has 36 heavy (non-hydrogen) atoms. The van der Waals surface area contributed by atoms with E-state index in [9.17, 15) is 14.7 Å². The molecule has 1 saturated heterocycles. The van der Waals surface area contributed by atoms with Gasteiger partial charge in [0.05, 0.1) is 25.3 Å². The number of carbonyl (C=O) groups excluding carboxylic acids is 2. The van der Waals surface area contributed by atoms with Gasteiger partial charge in [-0.05, 0) is 42.3 Å². The van der Waals surface area contributed by atoms with Crippen LogP contribution in [0.15, 0.2) is 84.6 Å². The molecule has 4 aromatic rings. The van der Waals surface area contributed by atoms with Crippen molar-refractivity contribution in [2.45, 2.75) is 19.4 Å². The summed E-state index contributed by atoms with van der Waals surface area (Å²) in [5.74, 6) is -0.464. The number of hydrogen-bond donors (Lipinski definition) is 2. The molecule has 7 heteroatoms. The molecule has 0 radical (unpaired) electrons. The summed E-state index contributed by atoms with van der Waals surface area (Å²) in [6.45, 7) is 2.61. The Bertz CT molecular complexity index is 1470. The molecule has 2 heterocycles. The van der Waals surface area contributed by atoms with Crippen LogP contribution in [0, 0.1) is 0 Å². The number of aliphatic hydroxyl groups is 1. The lowest BCUT2D eigenvalue weighted by molar-refractivity contribution is -0.132. The average Bonchev–Trinajstić information content (AvgIpc) is 3.46. The van der Waals surface area contributed by atoms with Gasteiger partial charge in [-0.3, -0.25) is 14.5 Å². The van der Waals surface area contributed by atoms with Crippen LogP contribution in [0.3, 0.4) is 0 Å². The molecule has 1 atom stereocenters. The summed E-state index contributed by atoms with van der Waals surface area (Å²) in [6.07, 6.45) is 2.53. The van der Waals surface area contributed by atoms with E-state index < -0.39 is 17.7 Å². The van der Waals surface area contributed by atoms with Crippen LogP contribution in [0.4, 0.5) is 5.69 Å². The third kappa shape index (κ3) is 3.98. The molecule has 2 N–H and O–H groups in total. The minimum Gasteiger partial charge on any atom is -0.507 e. The van der Waals surface area contributed by atoms with Gasteiger partial charge in [-0.15, -0.1) is 0 Å². The van der Waals surface area contributed by atoms with E-state index in [1.165, 1.54) is 12.0 Å². The Hall–Kier alpha value is -4.52. The maximum atomic E-state index is 13.4. The van der Waals surface area contributed by atoms with Crippen molar-refractivity contribution in [1.82, 2.24) is 4.98 Å². The summed E-state index contributed by atoms with van der Waals surface area (Å²) in [5.41, 5.74) is 2.46. The minimum absolute atomic E-state index is 0.0230. The zero-order chi connectivity index (χ0) is 25.2. The van der Waals surface area contributed by atoms with E-state index >= 15 is 0 Å². The molecule has 7 nitrogen and oxygen atoms in total. The van der Waals surface area contributed by atoms with E-state index in [1.54, 1.807) is 30.5 Å². The van der Waals surface area contributed by atoms with E-state index in [-0.39, 0.29) is 11.3 Å². The summed E-state index contributed by atoms with van der Waals surface area (Å²) >= 11 is 0. The van der Waals surface area contributed by atoms with Crippen molar-refractivity contribution in [3.05, 3.63) is 95.7 Å². The van der Waals surface area contributed by atoms with Crippen LogP contribution in [-0.2, 0) is 9.59 Å². The van der Waals surface area contributed by atoms with Crippen LogP contribution in [0.25, 0.3) is 16.7 Å². The molecule has 0 saturated carbocycles. The van der Waals surface area contributed by atoms with E-state index in [0.717, 1.165) is 17.3 Å². The van der Waals surface area contributed by atoms with Gasteiger partial charge in [0.2, 0.25) is 0 Å². The number of anilines is 1. The van der Waals surface area contributed by atoms with Gasteiger partial charge in [-0.1, -0.05) is 43.3 Å². The predicted molar refractivity (Wildman–Crippen MR) is 138 cm³/mol. The number of methoxy groups -OCH3 is 1. The van der Waals surface area contributed by atoms with Crippen LogP contribution in [-0.4, -0.2) is 35.5 Å². The van der Waals surface area contributed by atoms with Crippen LogP contribution in [0.2, 0.25) is 0 Å². The fourth-order valence-electron chi connectivity index (χ4n) is 4.55. The number of amides is 1. The van der Waals surface area contributed by atoms with Gasteiger partial charge in [-0.25, -0.2) is 0 Å². The number of aromatic amines is 1. The summed E-state index contributed by atoms with van der Waals surface area (Å²) in [6, 6.07) is 20.8. The number of H-pyrrole nitrogens is 1. The van der Waals surface area contributed by atoms with E-state index in [4.69, 9.17) is 9.47 Å². The second-order valence-corrected chi connectivity index (χ2v) is 8.54. The number of Topliss-reactive ketones (excluding diaryl/α,β-unsaturated/α-hetero) is 1. The summed E-state index contributed by atoms with van der Waals surface area (Å²) in [4.78, 5) is 31.4. The fourth-order valence-corrected chi connectivity index (χ4v) is 4.55. The van der Waals surface area contributed by atoms with E-state index in [0.29, 0.717) is 34.9 Å². The third-order valence-corrected chi connectivity index (χ3v) is 6.29. The first-order valence-corrected chi connectivity index (χ1v) is 11.8. The first kappa shape index (κ1) is 23.2. The molecule has 0 bridgehead atoms. The highest BCUT2D eigenvalue weighted by Gasteiger charge is 2.47. The number of hydrogen-bond acceptors (Lipinski definition) is 5. The van der Waals surface area contributed by atoms with Crippen molar-refractivity contribution in [2.75, 3.05) is 18.6 Å². The molecule has 1 unspecified atom stereocenters. The topological polar surface area (TPSA) is 91.9 Å². The fraction of sp³-hybridized carbons (Fsp3) is 0.172. The van der Waals surface area contributed by atoms with Crippen molar-refractivity contribution < 1.29 is 24.2 Å². The van der Waals surface area contributed by atoms with Gasteiger partial charge in [0.15, 0.2) is 0 Å². The Morgan fingerprint density at radius 3 is 2.53 bits per heavy atom. The Kier molecular flexibility index (Phi) is 6.21. The Morgan fingerprint density at radius 1 is 1.00 bits per heavy atom. The standard InChI is InChI=1S/C29H26N2O5/c1-3-15-36-20-13-11-18(12-14-20)26-25(27(32)23-17-30-24-10-5-4-9-22(23)24)28(33)29(34)31(26)19-7-6-8-21(16-19)35-2/h4-14,16-17,26,30,32H,3,15H2,1-2H3/b27-25-. The number of benzene rings is 3. The van der Waals surface area contributed by atoms with Crippen LogP contribution < -0.4 is 14.4 Å². The van der Waals surface area contributed by atoms with Crippen molar-refractivity contribution in [3.8, 4) is 11.5 Å². The molecule has 0 spiro atoms. The molecule has 1 aliphatic heterocycles. The molecule has 0 aliphatic carbocycles. The number of nitrogens with zero attached hydrogens (tertiary/aromatic N) is 1. The molecule has 1 aliphatic rings. The van der Waals surface area contributed by atoms with Gasteiger partial charge >= 0.3 is 0 Å². The lowest BCUT2D eigenvalue weighted by Crippen LogP contribution is -2.29. The lowest BCUT2D eigenvalue weighted by atomic mass is 9.95. The number of ether oxygens (including phenoxy) is 2. The minimum atomic E-state index is -0.842. The van der Waals surface area contributed by atoms with Crippen molar-refractivity contribution in [3.63, 3.8) is 0 Å². The molecular weight excluding hydrogens is 456 g/mol. The zero-order valence-electron chi connectivity index (χ0n) is 20.0. The maximum Gasteiger partial charge on any atom is 0.300 e. The third-order valence-electron chi connectivity index (χ3n) is 6.29. The van der Waals surface area contributed by atoms with Gasteiger partial charge in [-0.2, -0.15) is 0 Å². The number of nitrogens with one attached hydrogen (secondary N) is 1. The molecular formula is C29H26N2O5. The second-order valence-electron chi connectivity index (χ2n) is 8.54. The number of rotatable bonds is 7. The SMILES string of the molecule is CCCOc1ccc(C2/C(=C(/O)c3c[nH]c4ccccc34)C(=O)C(=O)N2c2cccc(OC)c2)cc1. The molecule has 1 aromatic heterocycles. The summed E-state index contributed by atoms with van der Waals surface area (Å²) in [7, 11) is 1.54. The van der Waals surface area contributed by atoms with Crippen molar-refractivity contribution in [2.24, 2.45) is 0 Å². The highest BCUT2D eigenvalue weighted by Crippen LogP contribution is 2.43. The van der Waals surface area contributed by atoms with Crippen LogP contribution in [0.5, 0.6) is 11.5 Å². The number of carbonyl (C=O) groups is 2. The van der Waals surface area contributed by atoms with Gasteiger partial charge < -0.3 is 19.6 Å². The highest BCUT2D eigenvalue weighted by atomic mass is 16.5. The first-order valence-electron chi connectivity index (χ1n) is 11.8. The van der Waals surface area contributed by atoms with E-state index in [2.05, 4.69) is 4.98 Å². The Morgan fingerprint density at radius 2 is 1.78 bits per heavy atom. The number of ketones is 1. The van der Waals surface area contributed by atoms with Crippen LogP contribution in [0.1, 0.15) is 30.5 Å². The van der Waals surface area contributed by atoms with Crippen LogP contribution >= 0.6 is 0 Å². The predicted octanol–water partition coefficient (Wildman–Crippen LogP) is 5.59. The molecule has 5 rings (SSSR count). The zero-order valence-corrected chi connectivity index (χ0v) is 20.0. The highest BCUT2D eigenvalue weighted by molar-refractivity contribution is 6.51. The lowest BCUT2D eigenvalue weighted by Gasteiger charge is -2.26. The summed E-state index contributed by atoms with van der Waals surface area (Å²) in [5, 5.41) is 12.2. The second kappa shape index (κ2) is 9.62. The normalized spacial score (nSPS) is 17.1. The van der Waals surface area contributed by atoms with Gasteiger partial charge in [0.1, 0.15) is 17.3 Å². The molecule has 1 amide bonds. The number of para-hydroxylation sites is 1. The molecule has 3 aromatic carbocycles.